The monoisotopic (exact) mass is 704 g/mol. The average molecular weight is 705 g/mol. The third kappa shape index (κ3) is 7.14. The highest BCUT2D eigenvalue weighted by Gasteiger charge is 2.71. The van der Waals surface area contributed by atoms with Crippen LogP contribution in [0.1, 0.15) is 50.4 Å². The van der Waals surface area contributed by atoms with E-state index in [0.717, 1.165) is 0 Å². The molecule has 0 aliphatic carbocycles. The lowest BCUT2D eigenvalue weighted by atomic mass is 9.90. The van der Waals surface area contributed by atoms with Crippen LogP contribution in [0.15, 0.2) is 65.6 Å². The maximum absolute atomic E-state index is 14.9. The first-order valence-electron chi connectivity index (χ1n) is 14.4. The van der Waals surface area contributed by atoms with E-state index < -0.39 is 68.4 Å². The van der Waals surface area contributed by atoms with Crippen molar-refractivity contribution in [1.82, 2.24) is 4.90 Å². The molecule has 3 aromatic carbocycles. The number of carbonyl (C=O) groups is 2. The number of hydrogen-bond acceptors (Lipinski definition) is 6. The molecule has 1 atom stereocenters. The van der Waals surface area contributed by atoms with Crippen molar-refractivity contribution in [3.63, 3.8) is 0 Å². The van der Waals surface area contributed by atoms with Gasteiger partial charge in [-0.3, -0.25) is 9.69 Å². The Hall–Kier alpha value is -4.18. The summed E-state index contributed by atoms with van der Waals surface area (Å²) in [5, 5.41) is 12.2. The molecule has 0 fully saturated rings. The van der Waals surface area contributed by atoms with Crippen LogP contribution in [0.2, 0.25) is 0 Å². The van der Waals surface area contributed by atoms with E-state index in [1.54, 1.807) is 20.8 Å². The number of benzene rings is 3. The van der Waals surface area contributed by atoms with Gasteiger partial charge in [-0.05, 0) is 74.2 Å². The molecule has 2 N–H and O–H groups in total. The van der Waals surface area contributed by atoms with Crippen molar-refractivity contribution >= 4 is 27.5 Å². The number of nitrogens with zero attached hydrogens (tertiary/aromatic N) is 1. The fourth-order valence-electron chi connectivity index (χ4n) is 5.17. The normalized spacial score (nSPS) is 15.9. The van der Waals surface area contributed by atoms with Gasteiger partial charge in [-0.15, -0.1) is 0 Å². The van der Waals surface area contributed by atoms with Crippen molar-refractivity contribution < 1.29 is 58.6 Å². The molecule has 0 aromatic heterocycles. The average Bonchev–Trinajstić information content (AvgIpc) is 2.98. The van der Waals surface area contributed by atoms with Crippen LogP contribution in [0.25, 0.3) is 11.1 Å². The van der Waals surface area contributed by atoms with Gasteiger partial charge in [0.05, 0.1) is 10.6 Å². The van der Waals surface area contributed by atoms with E-state index in [4.69, 9.17) is 4.74 Å². The Bertz CT molecular complexity index is 1800. The second kappa shape index (κ2) is 12.7. The molecular weight excluding hydrogens is 673 g/mol. The van der Waals surface area contributed by atoms with Gasteiger partial charge < -0.3 is 15.2 Å². The summed E-state index contributed by atoms with van der Waals surface area (Å²) in [6, 6.07) is 9.00. The molecule has 4 rings (SSSR count). The lowest BCUT2D eigenvalue weighted by Crippen LogP contribution is -2.53. The first-order chi connectivity index (χ1) is 22.0. The van der Waals surface area contributed by atoms with Gasteiger partial charge in [-0.2, -0.15) is 26.3 Å². The van der Waals surface area contributed by atoms with Crippen LogP contribution in [-0.4, -0.2) is 60.7 Å². The molecule has 260 valence electrons. The second-order valence-electron chi connectivity index (χ2n) is 12.1. The van der Waals surface area contributed by atoms with E-state index in [1.807, 2.05) is 0 Å². The van der Waals surface area contributed by atoms with Crippen LogP contribution < -0.4 is 5.32 Å². The number of aliphatic hydroxyl groups is 1. The summed E-state index contributed by atoms with van der Waals surface area (Å²) in [5.74, 6) is -2.34. The zero-order valence-electron chi connectivity index (χ0n) is 26.0. The number of rotatable bonds is 6. The highest BCUT2D eigenvalue weighted by molar-refractivity contribution is 7.91. The second-order valence-corrected chi connectivity index (χ2v) is 14.3. The van der Waals surface area contributed by atoms with Gasteiger partial charge in [-0.25, -0.2) is 17.6 Å². The van der Waals surface area contributed by atoms with E-state index in [9.17, 15) is 53.8 Å². The quantitative estimate of drug-likeness (QED) is 0.266. The molecule has 8 nitrogen and oxygen atoms in total. The zero-order chi connectivity index (χ0) is 36.0. The van der Waals surface area contributed by atoms with Crippen molar-refractivity contribution in [1.29, 1.82) is 0 Å². The lowest BCUT2D eigenvalue weighted by molar-refractivity contribution is -0.376. The van der Waals surface area contributed by atoms with E-state index in [1.165, 1.54) is 54.3 Å². The molecule has 1 aliphatic rings. The Morgan fingerprint density at radius 1 is 0.938 bits per heavy atom. The van der Waals surface area contributed by atoms with E-state index in [0.29, 0.717) is 23.3 Å². The number of amides is 2. The Morgan fingerprint density at radius 2 is 1.54 bits per heavy atom. The molecule has 1 aliphatic heterocycles. The van der Waals surface area contributed by atoms with Gasteiger partial charge in [0.1, 0.15) is 17.5 Å². The minimum atomic E-state index is -6.19. The molecule has 1 heterocycles. The van der Waals surface area contributed by atoms with E-state index in [-0.39, 0.29) is 40.9 Å². The minimum absolute atomic E-state index is 0.0155. The van der Waals surface area contributed by atoms with Gasteiger partial charge >= 0.3 is 18.4 Å². The van der Waals surface area contributed by atoms with Crippen molar-refractivity contribution in [2.24, 2.45) is 0 Å². The molecular formula is C32H31F7N2O6S. The summed E-state index contributed by atoms with van der Waals surface area (Å²) in [5.41, 5.74) is -7.32. The predicted octanol–water partition coefficient (Wildman–Crippen LogP) is 7.07. The summed E-state index contributed by atoms with van der Waals surface area (Å²) < 4.78 is 125. The molecule has 0 saturated carbocycles. The summed E-state index contributed by atoms with van der Waals surface area (Å²) >= 11 is 0. The van der Waals surface area contributed by atoms with Gasteiger partial charge in [0.2, 0.25) is 0 Å². The van der Waals surface area contributed by atoms with Crippen molar-refractivity contribution in [2.45, 2.75) is 68.6 Å². The van der Waals surface area contributed by atoms with Crippen LogP contribution in [-0.2, 0) is 31.4 Å². The van der Waals surface area contributed by atoms with Crippen LogP contribution in [0, 0.1) is 5.82 Å². The number of hydrogen-bond donors (Lipinski definition) is 2. The zero-order valence-corrected chi connectivity index (χ0v) is 26.8. The van der Waals surface area contributed by atoms with Gasteiger partial charge in [0.25, 0.3) is 11.5 Å². The fraction of sp³-hybridized carbons (Fsp3) is 0.375. The summed E-state index contributed by atoms with van der Waals surface area (Å²) in [7, 11) is -3.57. The van der Waals surface area contributed by atoms with E-state index >= 15 is 0 Å². The van der Waals surface area contributed by atoms with Crippen molar-refractivity contribution in [3.8, 4) is 11.1 Å². The van der Waals surface area contributed by atoms with Gasteiger partial charge in [0, 0.05) is 23.4 Å². The molecule has 48 heavy (non-hydrogen) atoms. The Balaban J connectivity index is 1.64. The number of ether oxygens (including phenoxy) is 1. The number of nitrogens with one attached hydrogen (secondary N) is 1. The largest absolute Gasteiger partial charge is 0.444 e. The molecule has 0 bridgehead atoms. The number of alkyl halides is 6. The first kappa shape index (κ1) is 36.7. The van der Waals surface area contributed by atoms with Crippen LogP contribution >= 0.6 is 0 Å². The Kier molecular flexibility index (Phi) is 9.69. The summed E-state index contributed by atoms with van der Waals surface area (Å²) in [4.78, 5) is 28.1. The standard InChI is InChI=1S/C32H31F7N2O6S/c1-5-48(45,46)22-11-13-24-19(16-22)14-15-41(28(43)47-29(2,3)4)26(24)27(42)40-21-9-6-18(7-10-21)23-12-8-20(17-25(23)33)30(44,31(34,35)36)32(37,38)39/h6-13,16-17,26,44H,5,14-15H2,1-4H3,(H,40,42). The number of sulfone groups is 1. The Morgan fingerprint density at radius 3 is 2.06 bits per heavy atom. The highest BCUT2D eigenvalue weighted by atomic mass is 32.2. The molecule has 0 spiro atoms. The van der Waals surface area contributed by atoms with Gasteiger partial charge in [-0.1, -0.05) is 37.3 Å². The van der Waals surface area contributed by atoms with Crippen molar-refractivity contribution in [3.05, 3.63) is 83.2 Å². The first-order valence-corrected chi connectivity index (χ1v) is 16.1. The maximum atomic E-state index is 14.9. The Labute approximate surface area is 271 Å². The van der Waals surface area contributed by atoms with Crippen LogP contribution in [0.5, 0.6) is 0 Å². The third-order valence-corrected chi connectivity index (χ3v) is 9.36. The third-order valence-electron chi connectivity index (χ3n) is 7.63. The SMILES string of the molecule is CCS(=O)(=O)c1ccc2c(c1)CCN(C(=O)OC(C)(C)C)C2C(=O)Nc1ccc(-c2ccc(C(O)(C(F)(F)F)C(F)(F)F)cc2F)cc1. The molecule has 0 saturated heterocycles. The topological polar surface area (TPSA) is 113 Å². The number of fused-ring (bicyclic) bond motifs is 1. The molecule has 0 radical (unpaired) electrons. The molecule has 1 unspecified atom stereocenters. The maximum Gasteiger partial charge on any atom is 0.430 e. The molecule has 2 amide bonds. The highest BCUT2D eigenvalue weighted by Crippen LogP contribution is 2.50. The van der Waals surface area contributed by atoms with Gasteiger partial charge in [0.15, 0.2) is 9.84 Å². The smallest absolute Gasteiger partial charge is 0.430 e. The number of carbonyl (C=O) groups excluding carboxylic acids is 2. The van der Waals surface area contributed by atoms with E-state index in [2.05, 4.69) is 5.32 Å². The van der Waals surface area contributed by atoms with Crippen LogP contribution in [0.4, 0.5) is 41.2 Å². The lowest BCUT2D eigenvalue weighted by Gasteiger charge is -2.37. The summed E-state index contributed by atoms with van der Waals surface area (Å²) in [6.07, 6.45) is -12.9. The predicted molar refractivity (Wildman–Crippen MR) is 160 cm³/mol. The summed E-state index contributed by atoms with van der Waals surface area (Å²) in [6.45, 7) is 6.44. The molecule has 3 aromatic rings. The number of halogens is 7. The molecule has 16 heteroatoms. The fourth-order valence-corrected chi connectivity index (χ4v) is 6.10. The van der Waals surface area contributed by atoms with Crippen LogP contribution in [0.3, 0.4) is 0 Å². The number of anilines is 1. The van der Waals surface area contributed by atoms with Crippen molar-refractivity contribution in [2.75, 3.05) is 17.6 Å². The minimum Gasteiger partial charge on any atom is -0.444 e.